The van der Waals surface area contributed by atoms with Gasteiger partial charge in [0.2, 0.25) is 11.8 Å². The maximum absolute atomic E-state index is 11.6. The number of thioether (sulfide) groups is 1. The maximum atomic E-state index is 11.6. The van der Waals surface area contributed by atoms with E-state index in [1.807, 2.05) is 17.8 Å². The zero-order chi connectivity index (χ0) is 11.0. The number of amides is 2. The number of imide groups is 1. The molecular formula is C9H11N3O2S. The highest BCUT2D eigenvalue weighted by atomic mass is 32.2. The van der Waals surface area contributed by atoms with Crippen LogP contribution in [0.2, 0.25) is 0 Å². The quantitative estimate of drug-likeness (QED) is 0.678. The van der Waals surface area contributed by atoms with Crippen LogP contribution < -0.4 is 0 Å². The van der Waals surface area contributed by atoms with Gasteiger partial charge in [0.1, 0.15) is 5.25 Å². The topological polar surface area (TPSA) is 55.2 Å². The Morgan fingerprint density at radius 2 is 2.20 bits per heavy atom. The third-order valence-electron chi connectivity index (χ3n) is 2.36. The number of likely N-dealkylation sites (tertiary alicyclic amines) is 1. The van der Waals surface area contributed by atoms with Gasteiger partial charge in [0.25, 0.3) is 0 Å². The number of carbonyl (C=O) groups excluding carboxylic acids is 2. The highest BCUT2D eigenvalue weighted by Gasteiger charge is 2.37. The minimum Gasteiger partial charge on any atom is -0.329 e. The molecule has 1 unspecified atom stereocenters. The van der Waals surface area contributed by atoms with Gasteiger partial charge in [-0.3, -0.25) is 14.5 Å². The fourth-order valence-corrected chi connectivity index (χ4v) is 2.49. The first-order valence-corrected chi connectivity index (χ1v) is 5.42. The average molecular weight is 225 g/mol. The fourth-order valence-electron chi connectivity index (χ4n) is 1.41. The molecule has 1 saturated heterocycles. The predicted molar refractivity (Wildman–Crippen MR) is 55.2 cm³/mol. The lowest BCUT2D eigenvalue weighted by Gasteiger charge is -2.07. The fraction of sp³-hybridized carbons (Fsp3) is 0.444. The van der Waals surface area contributed by atoms with Gasteiger partial charge in [-0.15, -0.1) is 0 Å². The second-order valence-electron chi connectivity index (χ2n) is 3.42. The average Bonchev–Trinajstić information content (AvgIpc) is 2.69. The molecule has 0 saturated carbocycles. The monoisotopic (exact) mass is 225 g/mol. The van der Waals surface area contributed by atoms with Crippen molar-refractivity contribution in [2.45, 2.75) is 16.8 Å². The molecule has 6 heteroatoms. The first kappa shape index (κ1) is 10.2. The molecule has 0 aromatic carbocycles. The van der Waals surface area contributed by atoms with E-state index < -0.39 is 0 Å². The highest BCUT2D eigenvalue weighted by molar-refractivity contribution is 8.00. The van der Waals surface area contributed by atoms with E-state index >= 15 is 0 Å². The third-order valence-corrected chi connectivity index (χ3v) is 3.62. The SMILES string of the molecule is CN1C(=O)CC(Sc2nccn2C)C1=O. The summed E-state index contributed by atoms with van der Waals surface area (Å²) in [6.45, 7) is 0. The summed E-state index contributed by atoms with van der Waals surface area (Å²) in [5.74, 6) is -0.250. The Kier molecular flexibility index (Phi) is 2.52. The number of hydrogen-bond acceptors (Lipinski definition) is 4. The number of aryl methyl sites for hydroxylation is 1. The number of aromatic nitrogens is 2. The molecule has 2 heterocycles. The summed E-state index contributed by atoms with van der Waals surface area (Å²) < 4.78 is 1.83. The molecule has 1 fully saturated rings. The van der Waals surface area contributed by atoms with Crippen molar-refractivity contribution in [1.82, 2.24) is 14.5 Å². The van der Waals surface area contributed by atoms with Crippen molar-refractivity contribution in [3.63, 3.8) is 0 Å². The predicted octanol–water partition coefficient (Wildman–Crippen LogP) is 0.269. The van der Waals surface area contributed by atoms with Gasteiger partial charge in [-0.1, -0.05) is 11.8 Å². The molecule has 1 aliphatic heterocycles. The van der Waals surface area contributed by atoms with Crippen LogP contribution in [0.3, 0.4) is 0 Å². The van der Waals surface area contributed by atoms with Gasteiger partial charge in [0.05, 0.1) is 0 Å². The van der Waals surface area contributed by atoms with Crippen molar-refractivity contribution >= 4 is 23.6 Å². The van der Waals surface area contributed by atoms with Gasteiger partial charge in [0, 0.05) is 32.9 Å². The molecule has 2 amide bonds. The van der Waals surface area contributed by atoms with Crippen molar-refractivity contribution in [3.8, 4) is 0 Å². The van der Waals surface area contributed by atoms with Gasteiger partial charge in [-0.05, 0) is 0 Å². The molecular weight excluding hydrogens is 214 g/mol. The Balaban J connectivity index is 2.12. The van der Waals surface area contributed by atoms with Crippen LogP contribution in [0.1, 0.15) is 6.42 Å². The van der Waals surface area contributed by atoms with Crippen LogP contribution in [0, 0.1) is 0 Å². The van der Waals surface area contributed by atoms with Crippen molar-refractivity contribution in [3.05, 3.63) is 12.4 Å². The van der Waals surface area contributed by atoms with Crippen LogP contribution >= 0.6 is 11.8 Å². The molecule has 0 spiro atoms. The Bertz CT molecular complexity index is 415. The lowest BCUT2D eigenvalue weighted by Crippen LogP contribution is -2.26. The van der Waals surface area contributed by atoms with E-state index in [4.69, 9.17) is 0 Å². The number of hydrogen-bond donors (Lipinski definition) is 0. The van der Waals surface area contributed by atoms with Crippen molar-refractivity contribution in [2.75, 3.05) is 7.05 Å². The molecule has 15 heavy (non-hydrogen) atoms. The van der Waals surface area contributed by atoms with Crippen molar-refractivity contribution < 1.29 is 9.59 Å². The molecule has 80 valence electrons. The van der Waals surface area contributed by atoms with E-state index in [2.05, 4.69) is 4.98 Å². The second kappa shape index (κ2) is 3.69. The van der Waals surface area contributed by atoms with E-state index in [0.29, 0.717) is 0 Å². The summed E-state index contributed by atoms with van der Waals surface area (Å²) in [4.78, 5) is 28.2. The summed E-state index contributed by atoms with van der Waals surface area (Å²) in [5, 5.41) is 0.444. The smallest absolute Gasteiger partial charge is 0.243 e. The van der Waals surface area contributed by atoms with E-state index in [0.717, 1.165) is 5.16 Å². The lowest BCUT2D eigenvalue weighted by molar-refractivity contribution is -0.136. The Morgan fingerprint density at radius 1 is 1.47 bits per heavy atom. The first-order chi connectivity index (χ1) is 7.09. The van der Waals surface area contributed by atoms with Crippen LogP contribution in [0.25, 0.3) is 0 Å². The van der Waals surface area contributed by atoms with Crippen LogP contribution in [-0.2, 0) is 16.6 Å². The normalized spacial score (nSPS) is 21.5. The van der Waals surface area contributed by atoms with Crippen molar-refractivity contribution in [2.24, 2.45) is 7.05 Å². The summed E-state index contributed by atoms with van der Waals surface area (Å²) >= 11 is 1.34. The molecule has 0 bridgehead atoms. The van der Waals surface area contributed by atoms with E-state index in [1.165, 1.54) is 23.7 Å². The molecule has 1 aromatic rings. The summed E-state index contributed by atoms with van der Waals surface area (Å²) in [5.41, 5.74) is 0. The van der Waals surface area contributed by atoms with Crippen LogP contribution in [-0.4, -0.2) is 38.6 Å². The van der Waals surface area contributed by atoms with E-state index in [1.54, 1.807) is 6.20 Å². The summed E-state index contributed by atoms with van der Waals surface area (Å²) in [6.07, 6.45) is 3.76. The van der Waals surface area contributed by atoms with Crippen molar-refractivity contribution in [1.29, 1.82) is 0 Å². The third kappa shape index (κ3) is 1.77. The summed E-state index contributed by atoms with van der Waals surface area (Å²) in [6, 6.07) is 0. The largest absolute Gasteiger partial charge is 0.329 e. The molecule has 0 radical (unpaired) electrons. The standard InChI is InChI=1S/C9H11N3O2S/c1-11-4-3-10-9(11)15-6-5-7(13)12(2)8(6)14/h3-4,6H,5H2,1-2H3. The van der Waals surface area contributed by atoms with Gasteiger partial charge in [0.15, 0.2) is 5.16 Å². The zero-order valence-electron chi connectivity index (χ0n) is 8.51. The van der Waals surface area contributed by atoms with Crippen LogP contribution in [0.15, 0.2) is 17.6 Å². The number of rotatable bonds is 2. The van der Waals surface area contributed by atoms with Gasteiger partial charge >= 0.3 is 0 Å². The lowest BCUT2D eigenvalue weighted by atomic mass is 10.4. The van der Waals surface area contributed by atoms with Crippen LogP contribution in [0.5, 0.6) is 0 Å². The highest BCUT2D eigenvalue weighted by Crippen LogP contribution is 2.29. The van der Waals surface area contributed by atoms with Gasteiger partial charge < -0.3 is 4.57 Å². The molecule has 0 N–H and O–H groups in total. The number of imidazole rings is 1. The Morgan fingerprint density at radius 3 is 2.67 bits per heavy atom. The summed E-state index contributed by atoms with van der Waals surface area (Å²) in [7, 11) is 3.38. The van der Waals surface area contributed by atoms with E-state index in [-0.39, 0.29) is 23.5 Å². The molecule has 1 aliphatic rings. The van der Waals surface area contributed by atoms with Crippen LogP contribution in [0.4, 0.5) is 0 Å². The minimum absolute atomic E-state index is 0.119. The number of carbonyl (C=O) groups is 2. The molecule has 0 aliphatic carbocycles. The second-order valence-corrected chi connectivity index (χ2v) is 4.59. The molecule has 5 nitrogen and oxygen atoms in total. The first-order valence-electron chi connectivity index (χ1n) is 4.54. The molecule has 1 aromatic heterocycles. The number of nitrogens with zero attached hydrogens (tertiary/aromatic N) is 3. The molecule has 2 rings (SSSR count). The Hall–Kier alpha value is -1.30. The van der Waals surface area contributed by atoms with E-state index in [9.17, 15) is 9.59 Å². The Labute approximate surface area is 91.5 Å². The molecule has 1 atom stereocenters. The maximum Gasteiger partial charge on any atom is 0.243 e. The van der Waals surface area contributed by atoms with Gasteiger partial charge in [-0.25, -0.2) is 4.98 Å². The minimum atomic E-state index is -0.316. The van der Waals surface area contributed by atoms with Gasteiger partial charge in [-0.2, -0.15) is 0 Å². The zero-order valence-corrected chi connectivity index (χ0v) is 9.32.